The van der Waals surface area contributed by atoms with Crippen LogP contribution in [-0.2, 0) is 42.3 Å². The maximum atomic E-state index is 11.4. The molecule has 1 radical (unpaired) electrons. The van der Waals surface area contributed by atoms with Gasteiger partial charge in [0.15, 0.2) is 0 Å². The van der Waals surface area contributed by atoms with Crippen molar-refractivity contribution in [3.63, 3.8) is 0 Å². The van der Waals surface area contributed by atoms with Crippen molar-refractivity contribution in [3.8, 4) is 12.5 Å². The van der Waals surface area contributed by atoms with E-state index in [9.17, 15) is 4.79 Å². The van der Waals surface area contributed by atoms with Gasteiger partial charge in [-0.3, -0.25) is 4.79 Å². The van der Waals surface area contributed by atoms with Gasteiger partial charge < -0.3 is 16.2 Å². The molecule has 0 amide bonds. The third kappa shape index (κ3) is 4.33. The molecule has 0 aromatic rings. The number of rotatable bonds is 5. The summed E-state index contributed by atoms with van der Waals surface area (Å²) in [5.41, 5.74) is 2.83. The first-order chi connectivity index (χ1) is 7.61. The van der Waals surface area contributed by atoms with Crippen LogP contribution in [0.5, 0.6) is 0 Å². The standard InChI is InChI=1S/C12H19N2O2.Y/c1-5-10(13-16-6-2)12-8-7-11(9(3)15)14(12)4;/h2,8,10-13H,5,7H2,1,3-4H3;/q-1;/t10?,11-,12-;/m1./s1. The number of Topliss-reactive ketones (excluding diaryl/α,β-unsaturated/α-hetero) is 1. The number of hydrogen-bond donors (Lipinski definition) is 1. The summed E-state index contributed by atoms with van der Waals surface area (Å²) in [6, 6.07) is 0.296. The molecule has 0 spiro atoms. The predicted octanol–water partition coefficient (Wildman–Crippen LogP) is 0.740. The molecule has 1 aliphatic rings. The zero-order chi connectivity index (χ0) is 12.1. The van der Waals surface area contributed by atoms with Gasteiger partial charge in [0.2, 0.25) is 0 Å². The van der Waals surface area contributed by atoms with Crippen molar-refractivity contribution in [2.75, 3.05) is 7.05 Å². The predicted molar refractivity (Wildman–Crippen MR) is 62.1 cm³/mol. The number of terminal acetylenes is 1. The molecule has 0 aliphatic carbocycles. The van der Waals surface area contributed by atoms with E-state index < -0.39 is 0 Å². The van der Waals surface area contributed by atoms with Crippen molar-refractivity contribution in [1.29, 1.82) is 0 Å². The van der Waals surface area contributed by atoms with Crippen molar-refractivity contribution in [2.24, 2.45) is 0 Å². The van der Waals surface area contributed by atoms with Gasteiger partial charge in [-0.1, -0.05) is 19.4 Å². The Kier molecular flexibility index (Phi) is 8.23. The third-order valence-corrected chi connectivity index (χ3v) is 3.15. The van der Waals surface area contributed by atoms with E-state index in [0.29, 0.717) is 0 Å². The van der Waals surface area contributed by atoms with Gasteiger partial charge >= 0.3 is 0 Å². The molecule has 1 heterocycles. The molecular formula is C12H19N2O2Y-. The van der Waals surface area contributed by atoms with Gasteiger partial charge in [0.25, 0.3) is 0 Å². The Morgan fingerprint density at radius 1 is 1.76 bits per heavy atom. The number of ketones is 1. The van der Waals surface area contributed by atoms with Gasteiger partial charge in [0, 0.05) is 44.8 Å². The second kappa shape index (κ2) is 8.21. The summed E-state index contributed by atoms with van der Waals surface area (Å²) < 4.78 is 0. The van der Waals surface area contributed by atoms with Crippen LogP contribution in [0.3, 0.4) is 0 Å². The molecule has 5 heteroatoms. The van der Waals surface area contributed by atoms with E-state index in [2.05, 4.69) is 29.8 Å². The van der Waals surface area contributed by atoms with Crippen LogP contribution in [0.2, 0.25) is 0 Å². The van der Waals surface area contributed by atoms with E-state index in [1.54, 1.807) is 6.92 Å². The summed E-state index contributed by atoms with van der Waals surface area (Å²) in [5, 5.41) is 0. The fraction of sp³-hybridized carbons (Fsp3) is 0.667. The molecule has 0 aromatic carbocycles. The molecule has 93 valence electrons. The van der Waals surface area contributed by atoms with Crippen LogP contribution in [0, 0.1) is 19.0 Å². The number of likely N-dealkylation sites (N-methyl/N-ethyl adjacent to an activating group) is 1. The van der Waals surface area contributed by atoms with Crippen LogP contribution in [0.15, 0.2) is 0 Å². The number of nitrogens with zero attached hydrogens (tertiary/aromatic N) is 1. The number of nitrogens with one attached hydrogen (secondary N) is 1. The van der Waals surface area contributed by atoms with Crippen LogP contribution in [0.4, 0.5) is 0 Å². The quantitative estimate of drug-likeness (QED) is 0.462. The molecule has 0 saturated carbocycles. The zero-order valence-corrected chi connectivity index (χ0v) is 13.5. The van der Waals surface area contributed by atoms with Crippen LogP contribution in [-0.4, -0.2) is 35.9 Å². The summed E-state index contributed by atoms with van der Waals surface area (Å²) in [6.45, 7) is 3.68. The molecule has 4 nitrogen and oxygen atoms in total. The van der Waals surface area contributed by atoms with Crippen LogP contribution < -0.4 is 5.48 Å². The summed E-state index contributed by atoms with van der Waals surface area (Å²) in [4.78, 5) is 18.2. The Balaban J connectivity index is 0.00000256. The first kappa shape index (κ1) is 17.1. The minimum atomic E-state index is -0.00770. The molecule has 1 N–H and O–H groups in total. The number of carbonyl (C=O) groups is 1. The molecule has 1 unspecified atom stereocenters. The fourth-order valence-electron chi connectivity index (χ4n) is 2.21. The molecule has 0 aromatic heterocycles. The Morgan fingerprint density at radius 2 is 2.41 bits per heavy atom. The minimum absolute atomic E-state index is 0. The van der Waals surface area contributed by atoms with Crippen molar-refractivity contribution >= 4 is 5.78 Å². The number of carbonyl (C=O) groups excluding carboxylic acids is 1. The average Bonchev–Trinajstić information content (AvgIpc) is 2.62. The summed E-state index contributed by atoms with van der Waals surface area (Å²) >= 11 is 0. The van der Waals surface area contributed by atoms with Gasteiger partial charge in [-0.2, -0.15) is 6.42 Å². The van der Waals surface area contributed by atoms with Crippen molar-refractivity contribution in [1.82, 2.24) is 10.4 Å². The Bertz CT molecular complexity index is 291. The van der Waals surface area contributed by atoms with E-state index >= 15 is 0 Å². The molecule has 1 rings (SSSR count). The monoisotopic (exact) mass is 312 g/mol. The van der Waals surface area contributed by atoms with Crippen LogP contribution in [0.1, 0.15) is 26.7 Å². The van der Waals surface area contributed by atoms with E-state index in [4.69, 9.17) is 11.3 Å². The van der Waals surface area contributed by atoms with E-state index in [0.717, 1.165) is 12.8 Å². The second-order valence-electron chi connectivity index (χ2n) is 4.11. The number of hydrogen-bond acceptors (Lipinski definition) is 4. The summed E-state index contributed by atoms with van der Waals surface area (Å²) in [6.07, 6.45) is 11.0. The molecule has 1 aliphatic heterocycles. The van der Waals surface area contributed by atoms with Gasteiger partial charge in [0.05, 0.1) is 0 Å². The van der Waals surface area contributed by atoms with Crippen LogP contribution in [0.25, 0.3) is 0 Å². The number of hydroxylamine groups is 1. The molecule has 1 saturated heterocycles. The van der Waals surface area contributed by atoms with E-state index in [-0.39, 0.29) is 56.6 Å². The average molecular weight is 312 g/mol. The Morgan fingerprint density at radius 3 is 2.82 bits per heavy atom. The molecular weight excluding hydrogens is 293 g/mol. The maximum absolute atomic E-state index is 11.4. The molecule has 0 bridgehead atoms. The van der Waals surface area contributed by atoms with Gasteiger partial charge in [0.1, 0.15) is 11.9 Å². The van der Waals surface area contributed by atoms with E-state index in [1.165, 1.54) is 0 Å². The SMILES string of the molecule is C#CONC(CC)[C@H]1[CH-]C[C@H](C(C)=O)N1C.[Y]. The Labute approximate surface area is 129 Å². The molecule has 1 fully saturated rings. The molecule has 17 heavy (non-hydrogen) atoms. The topological polar surface area (TPSA) is 41.6 Å². The first-order valence-electron chi connectivity index (χ1n) is 5.54. The van der Waals surface area contributed by atoms with Crippen LogP contribution >= 0.6 is 0 Å². The fourth-order valence-corrected chi connectivity index (χ4v) is 2.21. The van der Waals surface area contributed by atoms with Gasteiger partial charge in [-0.05, 0) is 20.4 Å². The third-order valence-electron chi connectivity index (χ3n) is 3.15. The van der Waals surface area contributed by atoms with Gasteiger partial charge in [-0.25, -0.2) is 0 Å². The second-order valence-corrected chi connectivity index (χ2v) is 4.11. The first-order valence-corrected chi connectivity index (χ1v) is 5.54. The maximum Gasteiger partial charge on any atom is 0.144 e. The minimum Gasteiger partial charge on any atom is -0.356 e. The Hall–Kier alpha value is 0.0539. The largest absolute Gasteiger partial charge is 0.356 e. The smallest absolute Gasteiger partial charge is 0.144 e. The van der Waals surface area contributed by atoms with Crippen molar-refractivity contribution in [3.05, 3.63) is 6.42 Å². The van der Waals surface area contributed by atoms with Crippen molar-refractivity contribution in [2.45, 2.75) is 44.8 Å². The molecule has 3 atom stereocenters. The van der Waals surface area contributed by atoms with Crippen molar-refractivity contribution < 1.29 is 42.3 Å². The normalized spacial score (nSPS) is 25.8. The van der Waals surface area contributed by atoms with Gasteiger partial charge in [-0.15, -0.1) is 5.48 Å². The zero-order valence-electron chi connectivity index (χ0n) is 10.6. The summed E-state index contributed by atoms with van der Waals surface area (Å²) in [5.74, 6) is 0.203. The summed E-state index contributed by atoms with van der Waals surface area (Å²) in [7, 11) is 1.96. The number of likely N-dealkylation sites (tertiary alicyclic amines) is 1. The van der Waals surface area contributed by atoms with E-state index in [1.807, 2.05) is 7.05 Å².